The third-order valence-electron chi connectivity index (χ3n) is 2.72. The van der Waals surface area contributed by atoms with Crippen molar-refractivity contribution in [3.8, 4) is 5.82 Å². The van der Waals surface area contributed by atoms with Crippen LogP contribution in [0.3, 0.4) is 0 Å². The van der Waals surface area contributed by atoms with E-state index in [1.54, 1.807) is 0 Å². The fourth-order valence-corrected chi connectivity index (χ4v) is 2.79. The monoisotopic (exact) mass is 367 g/mol. The van der Waals surface area contributed by atoms with Crippen molar-refractivity contribution in [2.24, 2.45) is 5.16 Å². The molecule has 3 N–H and O–H groups in total. The fourth-order valence-electron chi connectivity index (χ4n) is 1.77. The number of anilines is 1. The first-order chi connectivity index (χ1) is 10.7. The van der Waals surface area contributed by atoms with Crippen LogP contribution in [0.15, 0.2) is 22.3 Å². The van der Waals surface area contributed by atoms with E-state index >= 15 is 0 Å². The Morgan fingerprint density at radius 1 is 1.52 bits per heavy atom. The minimum Gasteiger partial charge on any atom is -0.411 e. The van der Waals surface area contributed by atoms with E-state index < -0.39 is 22.5 Å². The molecular weight excluding hydrogens is 359 g/mol. The second-order valence-electron chi connectivity index (χ2n) is 4.24. The Morgan fingerprint density at radius 3 is 2.65 bits per heavy atom. The molecule has 0 saturated heterocycles. The molecule has 0 aromatic carbocycles. The van der Waals surface area contributed by atoms with E-state index in [0.717, 1.165) is 10.9 Å². The van der Waals surface area contributed by atoms with Crippen molar-refractivity contribution in [2.45, 2.75) is 11.1 Å². The molecule has 1 unspecified atom stereocenters. The zero-order valence-corrected chi connectivity index (χ0v) is 12.9. The highest BCUT2D eigenvalue weighted by atomic mass is 35.5. The van der Waals surface area contributed by atoms with Gasteiger partial charge in [0.2, 0.25) is 0 Å². The van der Waals surface area contributed by atoms with E-state index in [2.05, 4.69) is 15.2 Å². The van der Waals surface area contributed by atoms with Gasteiger partial charge in [-0.1, -0.05) is 16.8 Å². The van der Waals surface area contributed by atoms with Gasteiger partial charge in [0, 0.05) is 12.5 Å². The molecule has 0 saturated carbocycles. The summed E-state index contributed by atoms with van der Waals surface area (Å²) in [5.74, 6) is -0.323. The first kappa shape index (κ1) is 17.2. The second kappa shape index (κ2) is 6.16. The Hall–Kier alpha value is -2.14. The van der Waals surface area contributed by atoms with Crippen LogP contribution in [0.1, 0.15) is 11.3 Å². The van der Waals surface area contributed by atoms with Crippen molar-refractivity contribution in [1.29, 1.82) is 0 Å². The van der Waals surface area contributed by atoms with Gasteiger partial charge < -0.3 is 10.9 Å². The largest absolute Gasteiger partial charge is 0.417 e. The Labute approximate surface area is 135 Å². The SMILES string of the molecule is CS(=O)c1c(/C=N/O)nn(-c2ncc(C(F)(F)F)cc2Cl)c1N. The summed E-state index contributed by atoms with van der Waals surface area (Å²) in [7, 11) is -1.59. The van der Waals surface area contributed by atoms with Crippen LogP contribution < -0.4 is 5.73 Å². The molecule has 1 atom stereocenters. The van der Waals surface area contributed by atoms with E-state index in [4.69, 9.17) is 22.5 Å². The summed E-state index contributed by atoms with van der Waals surface area (Å²) in [6.07, 6.45) is -1.82. The van der Waals surface area contributed by atoms with Crippen LogP contribution in [0, 0.1) is 0 Å². The molecule has 2 rings (SSSR count). The molecule has 0 aliphatic rings. The minimum absolute atomic E-state index is 0.0244. The first-order valence-corrected chi connectivity index (χ1v) is 7.73. The highest BCUT2D eigenvalue weighted by Crippen LogP contribution is 2.33. The molecule has 23 heavy (non-hydrogen) atoms. The standard InChI is InChI=1S/C11H9ClF3N5O2S/c1-23(22)8-7(4-18-21)19-20(9(8)16)10-6(12)2-5(3-17-10)11(13,14)15/h2-4,21H,16H2,1H3/b18-4+. The summed E-state index contributed by atoms with van der Waals surface area (Å²) in [6, 6.07) is 0.674. The number of hydrogen-bond acceptors (Lipinski definition) is 6. The Kier molecular flexibility index (Phi) is 4.61. The van der Waals surface area contributed by atoms with Gasteiger partial charge in [-0.15, -0.1) is 0 Å². The van der Waals surface area contributed by atoms with Gasteiger partial charge in [0.05, 0.1) is 27.6 Å². The third-order valence-corrected chi connectivity index (χ3v) is 3.99. The lowest BCUT2D eigenvalue weighted by Gasteiger charge is -2.10. The fraction of sp³-hybridized carbons (Fsp3) is 0.182. The highest BCUT2D eigenvalue weighted by molar-refractivity contribution is 7.84. The van der Waals surface area contributed by atoms with Gasteiger partial charge in [-0.2, -0.15) is 23.0 Å². The van der Waals surface area contributed by atoms with Gasteiger partial charge in [-0.25, -0.2) is 4.98 Å². The topological polar surface area (TPSA) is 106 Å². The predicted molar refractivity (Wildman–Crippen MR) is 77.5 cm³/mol. The van der Waals surface area contributed by atoms with E-state index in [0.29, 0.717) is 12.3 Å². The molecular formula is C11H9ClF3N5O2S. The number of pyridine rings is 1. The lowest BCUT2D eigenvalue weighted by Crippen LogP contribution is -2.10. The summed E-state index contributed by atoms with van der Waals surface area (Å²) >= 11 is 5.82. The van der Waals surface area contributed by atoms with Crippen LogP contribution >= 0.6 is 11.6 Å². The van der Waals surface area contributed by atoms with Crippen LogP contribution in [0.25, 0.3) is 5.82 Å². The zero-order valence-electron chi connectivity index (χ0n) is 11.4. The number of nitrogens with zero attached hydrogens (tertiary/aromatic N) is 4. The lowest BCUT2D eigenvalue weighted by atomic mass is 10.3. The van der Waals surface area contributed by atoms with Gasteiger partial charge in [0.1, 0.15) is 16.4 Å². The normalized spacial score (nSPS) is 13.6. The van der Waals surface area contributed by atoms with Crippen molar-refractivity contribution >= 4 is 34.4 Å². The third kappa shape index (κ3) is 3.29. The summed E-state index contributed by atoms with van der Waals surface area (Å²) in [5.41, 5.74) is 4.75. The molecule has 2 heterocycles. The van der Waals surface area contributed by atoms with E-state index in [1.165, 1.54) is 6.26 Å². The van der Waals surface area contributed by atoms with E-state index in [-0.39, 0.29) is 27.2 Å². The van der Waals surface area contributed by atoms with Gasteiger partial charge in [-0.3, -0.25) is 4.21 Å². The minimum atomic E-state index is -4.60. The van der Waals surface area contributed by atoms with E-state index in [1.807, 2.05) is 0 Å². The quantitative estimate of drug-likeness (QED) is 0.490. The molecule has 12 heteroatoms. The second-order valence-corrected chi connectivity index (χ2v) is 5.96. The number of nitrogens with two attached hydrogens (primary N) is 1. The average Bonchev–Trinajstić information content (AvgIpc) is 2.75. The molecule has 0 radical (unpaired) electrons. The number of alkyl halides is 3. The smallest absolute Gasteiger partial charge is 0.411 e. The van der Waals surface area contributed by atoms with Gasteiger partial charge in [0.15, 0.2) is 5.82 Å². The maximum absolute atomic E-state index is 12.6. The van der Waals surface area contributed by atoms with Crippen LogP contribution in [-0.4, -0.2) is 36.7 Å². The maximum atomic E-state index is 12.6. The highest BCUT2D eigenvalue weighted by Gasteiger charge is 2.32. The molecule has 0 aliphatic heterocycles. The molecule has 124 valence electrons. The predicted octanol–water partition coefficient (Wildman–Crippen LogP) is 2.07. The van der Waals surface area contributed by atoms with Crippen molar-refractivity contribution in [3.05, 3.63) is 28.5 Å². The summed E-state index contributed by atoms with van der Waals surface area (Å²) in [6.45, 7) is 0. The molecule has 0 aliphatic carbocycles. The van der Waals surface area contributed by atoms with Crippen LogP contribution in [0.5, 0.6) is 0 Å². The molecule has 0 amide bonds. The van der Waals surface area contributed by atoms with Gasteiger partial charge in [0.25, 0.3) is 0 Å². The molecule has 0 fully saturated rings. The first-order valence-electron chi connectivity index (χ1n) is 5.79. The number of hydrogen-bond donors (Lipinski definition) is 2. The summed E-state index contributed by atoms with van der Waals surface area (Å²) < 4.78 is 50.5. The summed E-state index contributed by atoms with van der Waals surface area (Å²) in [5, 5.41) is 14.9. The van der Waals surface area contributed by atoms with Gasteiger partial charge in [-0.05, 0) is 6.07 Å². The van der Waals surface area contributed by atoms with Gasteiger partial charge >= 0.3 is 6.18 Å². The Morgan fingerprint density at radius 2 is 2.17 bits per heavy atom. The molecule has 2 aromatic heterocycles. The molecule has 0 bridgehead atoms. The molecule has 7 nitrogen and oxygen atoms in total. The average molecular weight is 368 g/mol. The van der Waals surface area contributed by atoms with Crippen molar-refractivity contribution < 1.29 is 22.6 Å². The van der Waals surface area contributed by atoms with Crippen LogP contribution in [0.4, 0.5) is 19.0 Å². The van der Waals surface area contributed by atoms with Crippen molar-refractivity contribution in [2.75, 3.05) is 12.0 Å². The van der Waals surface area contributed by atoms with E-state index in [9.17, 15) is 17.4 Å². The lowest BCUT2D eigenvalue weighted by molar-refractivity contribution is -0.137. The Balaban J connectivity index is 2.64. The zero-order chi connectivity index (χ0) is 17.4. The summed E-state index contributed by atoms with van der Waals surface area (Å²) in [4.78, 5) is 3.65. The van der Waals surface area contributed by atoms with Crippen LogP contribution in [-0.2, 0) is 17.0 Å². The van der Waals surface area contributed by atoms with Crippen molar-refractivity contribution in [1.82, 2.24) is 14.8 Å². The number of rotatable bonds is 3. The number of oxime groups is 1. The van der Waals surface area contributed by atoms with Crippen LogP contribution in [0.2, 0.25) is 5.02 Å². The van der Waals surface area contributed by atoms with Crippen molar-refractivity contribution in [3.63, 3.8) is 0 Å². The number of nitrogen functional groups attached to an aromatic ring is 1. The molecule has 0 spiro atoms. The number of aromatic nitrogens is 3. The Bertz CT molecular complexity index is 806. The maximum Gasteiger partial charge on any atom is 0.417 e. The number of halogens is 4. The molecule has 2 aromatic rings.